The molecule has 0 saturated heterocycles. The molecule has 2 heteroatoms. The van der Waals surface area contributed by atoms with E-state index >= 15 is 0 Å². The summed E-state index contributed by atoms with van der Waals surface area (Å²) in [4.78, 5) is 4.04. The van der Waals surface area contributed by atoms with Gasteiger partial charge in [-0.1, -0.05) is 0 Å². The lowest BCUT2D eigenvalue weighted by Gasteiger charge is -2.19. The molecule has 1 aromatic rings. The molecular weight excluding hydrogens is 138 g/mol. The highest BCUT2D eigenvalue weighted by atomic mass is 16.3. The average Bonchev–Trinajstić information content (AvgIpc) is 2.04. The molecule has 58 valence electrons. The summed E-state index contributed by atoms with van der Waals surface area (Å²) in [5.74, 6) is 0. The zero-order valence-electron chi connectivity index (χ0n) is 6.33. The second-order valence-electron chi connectivity index (χ2n) is 3.04. The summed E-state index contributed by atoms with van der Waals surface area (Å²) >= 11 is 0. The molecule has 0 aromatic carbocycles. The van der Waals surface area contributed by atoms with Gasteiger partial charge in [0.15, 0.2) is 0 Å². The Labute approximate surface area is 65.9 Å². The maximum absolute atomic E-state index is 9.34. The van der Waals surface area contributed by atoms with Gasteiger partial charge in [-0.2, -0.15) is 0 Å². The summed E-state index contributed by atoms with van der Waals surface area (Å²) in [5, 5.41) is 9.34. The zero-order valence-corrected chi connectivity index (χ0v) is 6.33. The first kappa shape index (κ1) is 6.80. The van der Waals surface area contributed by atoms with Gasteiger partial charge in [-0.3, -0.25) is 4.98 Å². The van der Waals surface area contributed by atoms with Crippen molar-refractivity contribution in [2.75, 3.05) is 0 Å². The summed E-state index contributed by atoms with van der Waals surface area (Å²) in [5.41, 5.74) is 2.57. The first-order chi connectivity index (χ1) is 5.36. The van der Waals surface area contributed by atoms with Crippen LogP contribution < -0.4 is 0 Å². The molecule has 2 rings (SSSR count). The van der Waals surface area contributed by atoms with Crippen molar-refractivity contribution in [3.05, 3.63) is 29.6 Å². The van der Waals surface area contributed by atoms with Crippen LogP contribution in [0.4, 0.5) is 0 Å². The van der Waals surface area contributed by atoms with Gasteiger partial charge in [-0.15, -0.1) is 0 Å². The molecule has 1 N–H and O–H groups in total. The van der Waals surface area contributed by atoms with Crippen LogP contribution in [0, 0.1) is 0 Å². The topological polar surface area (TPSA) is 33.1 Å². The zero-order chi connectivity index (χ0) is 7.68. The number of hydrogen-bond donors (Lipinski definition) is 1. The van der Waals surface area contributed by atoms with E-state index in [9.17, 15) is 5.11 Å². The molecular formula is C9H11NO. The van der Waals surface area contributed by atoms with Crippen molar-refractivity contribution in [1.29, 1.82) is 0 Å². The van der Waals surface area contributed by atoms with Crippen molar-refractivity contribution in [2.45, 2.75) is 25.4 Å². The Morgan fingerprint density at radius 3 is 3.27 bits per heavy atom. The predicted octanol–water partition coefficient (Wildman–Crippen LogP) is 0.931. The quantitative estimate of drug-likeness (QED) is 0.595. The first-order valence-corrected chi connectivity index (χ1v) is 3.96. The lowest BCUT2D eigenvalue weighted by Crippen LogP contribution is -2.18. The molecule has 1 unspecified atom stereocenters. The van der Waals surface area contributed by atoms with Crippen molar-refractivity contribution in [3.63, 3.8) is 0 Å². The third kappa shape index (κ3) is 1.26. The molecule has 1 heterocycles. The Hall–Kier alpha value is -0.890. The molecule has 2 nitrogen and oxygen atoms in total. The standard InChI is InChI=1S/C9H11NO/c11-9-2-1-8-6-10-4-3-7(8)5-9/h3-4,6,9,11H,1-2,5H2. The summed E-state index contributed by atoms with van der Waals surface area (Å²) < 4.78 is 0. The second kappa shape index (κ2) is 2.62. The third-order valence-corrected chi connectivity index (χ3v) is 2.21. The van der Waals surface area contributed by atoms with Gasteiger partial charge in [0.2, 0.25) is 0 Å². The third-order valence-electron chi connectivity index (χ3n) is 2.21. The maximum Gasteiger partial charge on any atom is 0.0583 e. The smallest absolute Gasteiger partial charge is 0.0583 e. The molecule has 0 spiro atoms. The van der Waals surface area contributed by atoms with Crippen LogP contribution in [-0.2, 0) is 12.8 Å². The Morgan fingerprint density at radius 2 is 2.36 bits per heavy atom. The second-order valence-corrected chi connectivity index (χ2v) is 3.04. The van der Waals surface area contributed by atoms with Gasteiger partial charge in [0.1, 0.15) is 0 Å². The van der Waals surface area contributed by atoms with Crippen LogP contribution in [0.5, 0.6) is 0 Å². The number of pyridine rings is 1. The molecule has 11 heavy (non-hydrogen) atoms. The number of aryl methyl sites for hydroxylation is 1. The Bertz CT molecular complexity index is 259. The number of fused-ring (bicyclic) bond motifs is 1. The van der Waals surface area contributed by atoms with Gasteiger partial charge in [0, 0.05) is 12.4 Å². The number of aliphatic hydroxyl groups excluding tert-OH is 1. The molecule has 0 saturated carbocycles. The lowest BCUT2D eigenvalue weighted by atomic mass is 9.92. The summed E-state index contributed by atoms with van der Waals surface area (Å²) in [7, 11) is 0. The van der Waals surface area contributed by atoms with Crippen molar-refractivity contribution in [1.82, 2.24) is 4.98 Å². The normalized spacial score (nSPS) is 22.8. The SMILES string of the molecule is OC1CCc2cnccc2C1. The maximum atomic E-state index is 9.34. The Morgan fingerprint density at radius 1 is 1.45 bits per heavy atom. The summed E-state index contributed by atoms with van der Waals surface area (Å²) in [6.07, 6.45) is 6.23. The van der Waals surface area contributed by atoms with E-state index in [-0.39, 0.29) is 6.10 Å². The highest BCUT2D eigenvalue weighted by molar-refractivity contribution is 5.26. The molecule has 1 aromatic heterocycles. The van der Waals surface area contributed by atoms with Gasteiger partial charge in [0.05, 0.1) is 6.10 Å². The Kier molecular flexibility index (Phi) is 1.62. The van der Waals surface area contributed by atoms with E-state index in [4.69, 9.17) is 0 Å². The van der Waals surface area contributed by atoms with Gasteiger partial charge in [0.25, 0.3) is 0 Å². The van der Waals surface area contributed by atoms with Crippen LogP contribution in [0.15, 0.2) is 18.5 Å². The number of aliphatic hydroxyl groups is 1. The molecule has 0 bridgehead atoms. The van der Waals surface area contributed by atoms with Crippen molar-refractivity contribution in [2.24, 2.45) is 0 Å². The van der Waals surface area contributed by atoms with Crippen LogP contribution in [0.3, 0.4) is 0 Å². The average molecular weight is 149 g/mol. The lowest BCUT2D eigenvalue weighted by molar-refractivity contribution is 0.158. The largest absolute Gasteiger partial charge is 0.393 e. The van der Waals surface area contributed by atoms with Crippen molar-refractivity contribution in [3.8, 4) is 0 Å². The molecule has 0 radical (unpaired) electrons. The molecule has 0 amide bonds. The highest BCUT2D eigenvalue weighted by Gasteiger charge is 2.15. The minimum atomic E-state index is -0.134. The van der Waals surface area contributed by atoms with E-state index in [0.29, 0.717) is 0 Å². The highest BCUT2D eigenvalue weighted by Crippen LogP contribution is 2.19. The van der Waals surface area contributed by atoms with Crippen LogP contribution in [0.25, 0.3) is 0 Å². The van der Waals surface area contributed by atoms with Crippen molar-refractivity contribution < 1.29 is 5.11 Å². The van der Waals surface area contributed by atoms with Crippen molar-refractivity contribution >= 4 is 0 Å². The molecule has 1 aliphatic carbocycles. The summed E-state index contributed by atoms with van der Waals surface area (Å²) in [6, 6.07) is 2.00. The minimum Gasteiger partial charge on any atom is -0.393 e. The fraction of sp³-hybridized carbons (Fsp3) is 0.444. The summed E-state index contributed by atoms with van der Waals surface area (Å²) in [6.45, 7) is 0. The minimum absolute atomic E-state index is 0.134. The number of nitrogens with zero attached hydrogens (tertiary/aromatic N) is 1. The fourth-order valence-electron chi connectivity index (χ4n) is 1.56. The van der Waals surface area contributed by atoms with E-state index in [1.807, 2.05) is 12.3 Å². The van der Waals surface area contributed by atoms with E-state index in [1.54, 1.807) is 6.20 Å². The van der Waals surface area contributed by atoms with Crippen LogP contribution in [0.2, 0.25) is 0 Å². The van der Waals surface area contributed by atoms with E-state index in [0.717, 1.165) is 19.3 Å². The van der Waals surface area contributed by atoms with E-state index < -0.39 is 0 Å². The van der Waals surface area contributed by atoms with Crippen LogP contribution >= 0.6 is 0 Å². The Balaban J connectivity index is 2.34. The predicted molar refractivity (Wildman–Crippen MR) is 42.3 cm³/mol. The van der Waals surface area contributed by atoms with E-state index in [1.165, 1.54) is 11.1 Å². The molecule has 0 aliphatic heterocycles. The monoisotopic (exact) mass is 149 g/mol. The van der Waals surface area contributed by atoms with E-state index in [2.05, 4.69) is 4.98 Å². The number of rotatable bonds is 0. The first-order valence-electron chi connectivity index (χ1n) is 3.96. The van der Waals surface area contributed by atoms with Gasteiger partial charge < -0.3 is 5.11 Å². The van der Waals surface area contributed by atoms with Crippen LogP contribution in [0.1, 0.15) is 17.5 Å². The fourth-order valence-corrected chi connectivity index (χ4v) is 1.56. The number of hydrogen-bond acceptors (Lipinski definition) is 2. The molecule has 1 aliphatic rings. The van der Waals surface area contributed by atoms with Crippen LogP contribution in [-0.4, -0.2) is 16.2 Å². The molecule has 1 atom stereocenters. The van der Waals surface area contributed by atoms with Gasteiger partial charge >= 0.3 is 0 Å². The van der Waals surface area contributed by atoms with Gasteiger partial charge in [-0.25, -0.2) is 0 Å². The van der Waals surface area contributed by atoms with Gasteiger partial charge in [-0.05, 0) is 36.5 Å². The number of aromatic nitrogens is 1. The molecule has 0 fully saturated rings.